The molecule has 124 valence electrons. The highest BCUT2D eigenvalue weighted by Gasteiger charge is 2.55. The van der Waals surface area contributed by atoms with Crippen LogP contribution in [0.5, 0.6) is 5.88 Å². The number of pyridine rings is 1. The summed E-state index contributed by atoms with van der Waals surface area (Å²) in [6, 6.07) is 1.53. The minimum atomic E-state index is -0.793. The van der Waals surface area contributed by atoms with E-state index in [2.05, 4.69) is 4.98 Å². The maximum absolute atomic E-state index is 12.7. The van der Waals surface area contributed by atoms with Crippen LogP contribution in [0.2, 0.25) is 5.02 Å². The lowest BCUT2D eigenvalue weighted by Gasteiger charge is -2.23. The van der Waals surface area contributed by atoms with Crippen molar-refractivity contribution in [3.8, 4) is 5.88 Å². The average Bonchev–Trinajstić information content (AvgIpc) is 3.06. The number of rotatable bonds is 4. The summed E-state index contributed by atoms with van der Waals surface area (Å²) in [5.41, 5.74) is -0.419. The van der Waals surface area contributed by atoms with Crippen LogP contribution in [0.25, 0.3) is 0 Å². The number of aromatic nitrogens is 1. The van der Waals surface area contributed by atoms with Crippen LogP contribution in [0, 0.1) is 11.3 Å². The fraction of sp³-hybridized carbons (Fsp3) is 0.562. The Kier molecular flexibility index (Phi) is 4.19. The molecule has 0 aromatic carbocycles. The van der Waals surface area contributed by atoms with Crippen LogP contribution >= 0.6 is 11.6 Å². The Balaban J connectivity index is 1.80. The van der Waals surface area contributed by atoms with E-state index in [9.17, 15) is 14.7 Å². The van der Waals surface area contributed by atoms with Crippen LogP contribution in [-0.4, -0.2) is 46.6 Å². The van der Waals surface area contributed by atoms with E-state index in [0.29, 0.717) is 31.0 Å². The number of halogens is 1. The molecule has 2 atom stereocenters. The molecule has 1 amide bonds. The molecule has 1 aromatic heterocycles. The number of hydrogen-bond donors (Lipinski definition) is 1. The van der Waals surface area contributed by atoms with Crippen molar-refractivity contribution in [2.24, 2.45) is 11.3 Å². The van der Waals surface area contributed by atoms with Gasteiger partial charge in [0.25, 0.3) is 5.91 Å². The first kappa shape index (κ1) is 16.1. The molecule has 1 saturated heterocycles. The standard InChI is InChI=1S/C16H19ClN2O4/c1-2-23-13-12(17)6-10(7-18-13)14(20)19-8-11-4-3-5-16(11,9-19)15(21)22/h6-7,11H,2-5,8-9H2,1H3,(H,21,22)/t11-,16+/m0/s1. The highest BCUT2D eigenvalue weighted by molar-refractivity contribution is 6.32. The van der Waals surface area contributed by atoms with Crippen molar-refractivity contribution in [2.75, 3.05) is 19.7 Å². The molecule has 0 bridgehead atoms. The zero-order valence-corrected chi connectivity index (χ0v) is 13.7. The summed E-state index contributed by atoms with van der Waals surface area (Å²) in [6.07, 6.45) is 3.84. The van der Waals surface area contributed by atoms with Crippen LogP contribution in [0.3, 0.4) is 0 Å². The van der Waals surface area contributed by atoms with Crippen molar-refractivity contribution in [1.82, 2.24) is 9.88 Å². The predicted molar refractivity (Wildman–Crippen MR) is 83.7 cm³/mol. The molecule has 0 spiro atoms. The molecular formula is C16H19ClN2O4. The molecule has 3 rings (SSSR count). The molecule has 6 nitrogen and oxygen atoms in total. The number of likely N-dealkylation sites (tertiary alicyclic amines) is 1. The summed E-state index contributed by atoms with van der Waals surface area (Å²) >= 11 is 6.08. The van der Waals surface area contributed by atoms with Gasteiger partial charge in [0, 0.05) is 19.3 Å². The van der Waals surface area contributed by atoms with Crippen LogP contribution in [0.4, 0.5) is 0 Å². The normalized spacial score (nSPS) is 26.2. The second kappa shape index (κ2) is 6.00. The molecular weight excluding hydrogens is 320 g/mol. The quantitative estimate of drug-likeness (QED) is 0.912. The van der Waals surface area contributed by atoms with E-state index in [1.807, 2.05) is 6.92 Å². The van der Waals surface area contributed by atoms with Gasteiger partial charge in [0.05, 0.1) is 17.6 Å². The third-order valence-corrected chi connectivity index (χ3v) is 5.19. The van der Waals surface area contributed by atoms with Crippen LogP contribution in [0.15, 0.2) is 12.3 Å². The van der Waals surface area contributed by atoms with E-state index >= 15 is 0 Å². The minimum Gasteiger partial charge on any atom is -0.481 e. The second-order valence-corrected chi connectivity index (χ2v) is 6.59. The number of aliphatic carboxylic acids is 1. The van der Waals surface area contributed by atoms with Crippen molar-refractivity contribution in [1.29, 1.82) is 0 Å². The lowest BCUT2D eigenvalue weighted by molar-refractivity contribution is -0.149. The molecule has 0 radical (unpaired) electrons. The molecule has 0 unspecified atom stereocenters. The molecule has 1 N–H and O–H groups in total. The van der Waals surface area contributed by atoms with Crippen LogP contribution in [-0.2, 0) is 4.79 Å². The van der Waals surface area contributed by atoms with Gasteiger partial charge in [0.1, 0.15) is 5.02 Å². The number of hydrogen-bond acceptors (Lipinski definition) is 4. The molecule has 1 aromatic rings. The lowest BCUT2D eigenvalue weighted by atomic mass is 9.81. The zero-order chi connectivity index (χ0) is 16.6. The van der Waals surface area contributed by atoms with Gasteiger partial charge in [-0.25, -0.2) is 4.98 Å². The first-order valence-electron chi connectivity index (χ1n) is 7.79. The Morgan fingerprint density at radius 1 is 1.57 bits per heavy atom. The SMILES string of the molecule is CCOc1ncc(C(=O)N2C[C@@H]3CCC[C@@]3(C(=O)O)C2)cc1Cl. The van der Waals surface area contributed by atoms with Gasteiger partial charge in [0.2, 0.25) is 5.88 Å². The lowest BCUT2D eigenvalue weighted by Crippen LogP contribution is -2.37. The highest BCUT2D eigenvalue weighted by Crippen LogP contribution is 2.49. The number of fused-ring (bicyclic) bond motifs is 1. The Labute approximate surface area is 139 Å². The fourth-order valence-electron chi connectivity index (χ4n) is 3.76. The third-order valence-electron chi connectivity index (χ3n) is 4.92. The summed E-state index contributed by atoms with van der Waals surface area (Å²) in [5.74, 6) is -0.684. The topological polar surface area (TPSA) is 79.7 Å². The molecule has 7 heteroatoms. The molecule has 1 aliphatic heterocycles. The third kappa shape index (κ3) is 2.65. The highest BCUT2D eigenvalue weighted by atomic mass is 35.5. The molecule has 1 saturated carbocycles. The molecule has 2 heterocycles. The van der Waals surface area contributed by atoms with Gasteiger partial charge in [-0.1, -0.05) is 18.0 Å². The first-order chi connectivity index (χ1) is 11.0. The van der Waals surface area contributed by atoms with Crippen molar-refractivity contribution >= 4 is 23.5 Å². The molecule has 2 fully saturated rings. The van der Waals surface area contributed by atoms with Crippen molar-refractivity contribution in [3.05, 3.63) is 22.8 Å². The second-order valence-electron chi connectivity index (χ2n) is 6.18. The fourth-order valence-corrected chi connectivity index (χ4v) is 3.98. The number of amides is 1. The Hall–Kier alpha value is -1.82. The molecule has 23 heavy (non-hydrogen) atoms. The summed E-state index contributed by atoms with van der Waals surface area (Å²) in [7, 11) is 0. The number of ether oxygens (including phenoxy) is 1. The van der Waals surface area contributed by atoms with Crippen LogP contribution < -0.4 is 4.74 Å². The smallest absolute Gasteiger partial charge is 0.311 e. The van der Waals surface area contributed by atoms with Crippen molar-refractivity contribution < 1.29 is 19.4 Å². The van der Waals surface area contributed by atoms with E-state index in [1.165, 1.54) is 12.3 Å². The largest absolute Gasteiger partial charge is 0.481 e. The summed E-state index contributed by atoms with van der Waals surface area (Å²) in [5, 5.41) is 9.88. The number of carboxylic acids is 1. The van der Waals surface area contributed by atoms with Gasteiger partial charge < -0.3 is 14.7 Å². The van der Waals surface area contributed by atoms with Crippen molar-refractivity contribution in [2.45, 2.75) is 26.2 Å². The molecule has 2 aliphatic rings. The maximum Gasteiger partial charge on any atom is 0.311 e. The summed E-state index contributed by atoms with van der Waals surface area (Å²) < 4.78 is 5.26. The maximum atomic E-state index is 12.7. The van der Waals surface area contributed by atoms with Gasteiger partial charge in [-0.05, 0) is 31.7 Å². The summed E-state index contributed by atoms with van der Waals surface area (Å²) in [6.45, 7) is 3.01. The van der Waals surface area contributed by atoms with E-state index in [4.69, 9.17) is 16.3 Å². The minimum absolute atomic E-state index is 0.0371. The predicted octanol–water partition coefficient (Wildman–Crippen LogP) is 2.46. The van der Waals surface area contributed by atoms with Gasteiger partial charge in [0.15, 0.2) is 0 Å². The number of carboxylic acid groups (broad SMARTS) is 1. The first-order valence-corrected chi connectivity index (χ1v) is 8.16. The number of carbonyl (C=O) groups is 2. The average molecular weight is 339 g/mol. The van der Waals surface area contributed by atoms with Gasteiger partial charge in [-0.3, -0.25) is 9.59 Å². The van der Waals surface area contributed by atoms with Gasteiger partial charge in [-0.2, -0.15) is 0 Å². The van der Waals surface area contributed by atoms with Crippen molar-refractivity contribution in [3.63, 3.8) is 0 Å². The number of nitrogens with zero attached hydrogens (tertiary/aromatic N) is 2. The molecule has 1 aliphatic carbocycles. The Morgan fingerprint density at radius 2 is 2.35 bits per heavy atom. The van der Waals surface area contributed by atoms with E-state index < -0.39 is 11.4 Å². The van der Waals surface area contributed by atoms with E-state index in [0.717, 1.165) is 12.8 Å². The monoisotopic (exact) mass is 338 g/mol. The van der Waals surface area contributed by atoms with Gasteiger partial charge in [-0.15, -0.1) is 0 Å². The number of carbonyl (C=O) groups excluding carboxylic acids is 1. The zero-order valence-electron chi connectivity index (χ0n) is 12.9. The Morgan fingerprint density at radius 3 is 2.96 bits per heavy atom. The van der Waals surface area contributed by atoms with E-state index in [1.54, 1.807) is 4.90 Å². The van der Waals surface area contributed by atoms with E-state index in [-0.39, 0.29) is 23.4 Å². The van der Waals surface area contributed by atoms with Gasteiger partial charge >= 0.3 is 5.97 Å². The summed E-state index contributed by atoms with van der Waals surface area (Å²) in [4.78, 5) is 30.0. The van der Waals surface area contributed by atoms with Crippen LogP contribution in [0.1, 0.15) is 36.5 Å². The Bertz CT molecular complexity index is 651.